The summed E-state index contributed by atoms with van der Waals surface area (Å²) in [6.45, 7) is -0.334. The van der Waals surface area contributed by atoms with Crippen LogP contribution in [0.3, 0.4) is 0 Å². The first-order chi connectivity index (χ1) is 22.1. The van der Waals surface area contributed by atoms with Crippen LogP contribution in [-0.4, -0.2) is 37.2 Å². The minimum Gasteiger partial charge on any atom is -0.497 e. The molecule has 6 rings (SSSR count). The van der Waals surface area contributed by atoms with Gasteiger partial charge < -0.3 is 24.5 Å². The maximum atomic E-state index is 15.7. The molecule has 16 heteroatoms. The van der Waals surface area contributed by atoms with E-state index in [-0.39, 0.29) is 23.2 Å². The van der Waals surface area contributed by atoms with Crippen molar-refractivity contribution in [1.82, 2.24) is 14.5 Å². The number of anilines is 2. The Kier molecular flexibility index (Phi) is 8.37. The predicted molar refractivity (Wildman–Crippen MR) is 168 cm³/mol. The quantitative estimate of drug-likeness (QED) is 0.159. The molecule has 0 saturated heterocycles. The zero-order valence-electron chi connectivity index (χ0n) is 23.9. The molecule has 0 aliphatic heterocycles. The molecule has 0 saturated carbocycles. The number of rotatable bonds is 10. The minimum atomic E-state index is -4.74. The highest BCUT2D eigenvalue weighted by atomic mass is 35.5. The number of hydrogen-bond acceptors (Lipinski definition) is 11. The van der Waals surface area contributed by atoms with E-state index in [1.807, 2.05) is 0 Å². The molecule has 0 unspecified atom stereocenters. The van der Waals surface area contributed by atoms with Crippen molar-refractivity contribution in [2.45, 2.75) is 11.4 Å². The van der Waals surface area contributed by atoms with Gasteiger partial charge in [0.25, 0.3) is 10.0 Å². The Labute approximate surface area is 269 Å². The van der Waals surface area contributed by atoms with Crippen LogP contribution in [0.15, 0.2) is 82.5 Å². The summed E-state index contributed by atoms with van der Waals surface area (Å²) < 4.78 is 85.4. The van der Waals surface area contributed by atoms with Gasteiger partial charge in [-0.15, -0.1) is 0 Å². The van der Waals surface area contributed by atoms with Crippen molar-refractivity contribution in [2.24, 2.45) is 0 Å². The fourth-order valence-electron chi connectivity index (χ4n) is 4.63. The van der Waals surface area contributed by atoms with E-state index in [0.29, 0.717) is 56.3 Å². The van der Waals surface area contributed by atoms with Gasteiger partial charge in [0.1, 0.15) is 34.3 Å². The van der Waals surface area contributed by atoms with Crippen LogP contribution in [0.1, 0.15) is 5.56 Å². The van der Waals surface area contributed by atoms with Gasteiger partial charge >= 0.3 is 0 Å². The predicted octanol–water partition coefficient (Wildman–Crippen LogP) is 7.07. The molecular formula is C30H22ClF2N5O6S2. The van der Waals surface area contributed by atoms with E-state index in [1.54, 1.807) is 42.5 Å². The first-order valence-electron chi connectivity index (χ1n) is 13.2. The monoisotopic (exact) mass is 685 g/mol. The second kappa shape index (κ2) is 12.4. The van der Waals surface area contributed by atoms with E-state index in [4.69, 9.17) is 36.1 Å². The van der Waals surface area contributed by atoms with Crippen LogP contribution >= 0.6 is 23.1 Å². The van der Waals surface area contributed by atoms with Crippen molar-refractivity contribution >= 4 is 55.1 Å². The standard InChI is InChI=1S/C30H22ClF2N5O6S2/c1-41-19-6-3-17(26(11-19)42-2)14-38(30-35-15-36-45-30)46(39,40)28-13-22(32)27(12-23(28)33)43-24-8-5-18(31)10-20(24)16-4-7-25-21(9-16)29(34)37-44-25/h3-13,15H,14H2,1-2H3,(H2,34,37). The second-order valence-electron chi connectivity index (χ2n) is 9.65. The van der Waals surface area contributed by atoms with Gasteiger partial charge in [-0.1, -0.05) is 22.8 Å². The number of methoxy groups -OCH3 is 2. The van der Waals surface area contributed by atoms with Crippen molar-refractivity contribution in [3.05, 3.63) is 95.3 Å². The molecule has 0 aliphatic rings. The lowest BCUT2D eigenvalue weighted by Gasteiger charge is -2.23. The lowest BCUT2D eigenvalue weighted by Crippen LogP contribution is -2.31. The Morgan fingerprint density at radius 1 is 0.957 bits per heavy atom. The molecule has 0 fully saturated rings. The number of ether oxygens (including phenoxy) is 3. The number of fused-ring (bicyclic) bond motifs is 1. The average molecular weight is 686 g/mol. The highest BCUT2D eigenvalue weighted by Crippen LogP contribution is 2.40. The summed E-state index contributed by atoms with van der Waals surface area (Å²) in [6.07, 6.45) is 1.15. The van der Waals surface area contributed by atoms with E-state index in [0.717, 1.165) is 22.2 Å². The molecule has 0 spiro atoms. The summed E-state index contributed by atoms with van der Waals surface area (Å²) in [4.78, 5) is 3.07. The highest BCUT2D eigenvalue weighted by molar-refractivity contribution is 7.93. The lowest BCUT2D eigenvalue weighted by molar-refractivity contribution is 0.391. The second-order valence-corrected chi connectivity index (χ2v) is 12.7. The van der Waals surface area contributed by atoms with Gasteiger partial charge in [0.05, 0.1) is 26.2 Å². The van der Waals surface area contributed by atoms with Gasteiger partial charge in [-0.3, -0.25) is 0 Å². The third kappa shape index (κ3) is 5.87. The Bertz CT molecular complexity index is 2180. The molecular weight excluding hydrogens is 664 g/mol. The average Bonchev–Trinajstić information content (AvgIpc) is 3.72. The molecule has 0 bridgehead atoms. The summed E-state index contributed by atoms with van der Waals surface area (Å²) in [6, 6.07) is 15.6. The molecule has 236 valence electrons. The van der Waals surface area contributed by atoms with E-state index in [2.05, 4.69) is 14.5 Å². The third-order valence-electron chi connectivity index (χ3n) is 6.90. The topological polar surface area (TPSA) is 143 Å². The summed E-state index contributed by atoms with van der Waals surface area (Å²) in [7, 11) is -1.86. The van der Waals surface area contributed by atoms with Gasteiger partial charge in [0.15, 0.2) is 23.0 Å². The summed E-state index contributed by atoms with van der Waals surface area (Å²) in [5, 5.41) is 4.54. The van der Waals surface area contributed by atoms with Crippen LogP contribution in [-0.2, 0) is 16.6 Å². The first-order valence-corrected chi connectivity index (χ1v) is 15.8. The van der Waals surface area contributed by atoms with E-state index < -0.39 is 32.3 Å². The van der Waals surface area contributed by atoms with Crippen LogP contribution in [0.2, 0.25) is 5.02 Å². The molecule has 2 aromatic heterocycles. The number of halogens is 3. The maximum Gasteiger partial charge on any atom is 0.269 e. The molecule has 0 aliphatic carbocycles. The first kappa shape index (κ1) is 31.0. The lowest BCUT2D eigenvalue weighted by atomic mass is 10.0. The maximum absolute atomic E-state index is 15.7. The molecule has 46 heavy (non-hydrogen) atoms. The van der Waals surface area contributed by atoms with Crippen molar-refractivity contribution in [3.63, 3.8) is 0 Å². The molecule has 0 radical (unpaired) electrons. The van der Waals surface area contributed by atoms with Crippen LogP contribution < -0.4 is 24.2 Å². The molecule has 2 heterocycles. The molecule has 0 amide bonds. The largest absolute Gasteiger partial charge is 0.497 e. The van der Waals surface area contributed by atoms with Crippen molar-refractivity contribution in [1.29, 1.82) is 0 Å². The van der Waals surface area contributed by atoms with Gasteiger partial charge in [0.2, 0.25) is 5.13 Å². The fraction of sp³-hybridized carbons (Fsp3) is 0.100. The Hall–Kier alpha value is -4.99. The number of nitrogens with two attached hydrogens (primary N) is 1. The third-order valence-corrected chi connectivity index (χ3v) is 9.69. The van der Waals surface area contributed by atoms with Crippen molar-refractivity contribution in [2.75, 3.05) is 24.3 Å². The number of hydrogen-bond donors (Lipinski definition) is 1. The smallest absolute Gasteiger partial charge is 0.269 e. The normalized spacial score (nSPS) is 11.5. The van der Waals surface area contributed by atoms with Crippen molar-refractivity contribution in [3.8, 4) is 34.1 Å². The number of benzene rings is 4. The molecule has 4 aromatic carbocycles. The van der Waals surface area contributed by atoms with Crippen molar-refractivity contribution < 1.29 is 35.9 Å². The minimum absolute atomic E-state index is 0.0748. The molecule has 0 atom stereocenters. The molecule has 11 nitrogen and oxygen atoms in total. The van der Waals surface area contributed by atoms with E-state index in [9.17, 15) is 8.42 Å². The zero-order chi connectivity index (χ0) is 32.6. The number of aromatic nitrogens is 3. The zero-order valence-corrected chi connectivity index (χ0v) is 26.3. The van der Waals surface area contributed by atoms with Crippen LogP contribution in [0.5, 0.6) is 23.0 Å². The van der Waals surface area contributed by atoms with E-state index in [1.165, 1.54) is 26.4 Å². The van der Waals surface area contributed by atoms with E-state index >= 15 is 8.78 Å². The van der Waals surface area contributed by atoms with Crippen LogP contribution in [0.4, 0.5) is 19.7 Å². The number of sulfonamides is 1. The summed E-state index contributed by atoms with van der Waals surface area (Å²) in [5.41, 5.74) is 7.74. The van der Waals surface area contributed by atoms with Crippen LogP contribution in [0.25, 0.3) is 22.1 Å². The number of nitrogen functional groups attached to an aromatic ring is 1. The summed E-state index contributed by atoms with van der Waals surface area (Å²) in [5.74, 6) is -1.91. The number of nitrogens with zero attached hydrogens (tertiary/aromatic N) is 4. The SMILES string of the molecule is COc1ccc(CN(c2ncns2)S(=O)(=O)c2cc(F)c(Oc3ccc(Cl)cc3-c3ccc4onc(N)c4c3)cc2F)c(OC)c1. The Balaban J connectivity index is 1.37. The van der Waals surface area contributed by atoms with Gasteiger partial charge in [0, 0.05) is 45.9 Å². The van der Waals surface area contributed by atoms with Gasteiger partial charge in [-0.25, -0.2) is 26.5 Å². The van der Waals surface area contributed by atoms with Gasteiger partial charge in [-0.2, -0.15) is 4.37 Å². The fourth-order valence-corrected chi connectivity index (χ4v) is 7.00. The summed E-state index contributed by atoms with van der Waals surface area (Å²) >= 11 is 7.01. The molecule has 2 N–H and O–H groups in total. The Morgan fingerprint density at radius 3 is 2.52 bits per heavy atom. The molecule has 6 aromatic rings. The highest BCUT2D eigenvalue weighted by Gasteiger charge is 2.32. The Morgan fingerprint density at radius 2 is 1.78 bits per heavy atom. The van der Waals surface area contributed by atoms with Gasteiger partial charge in [-0.05, 0) is 48.0 Å². The van der Waals surface area contributed by atoms with Crippen LogP contribution in [0, 0.1) is 11.6 Å².